The van der Waals surface area contributed by atoms with Crippen molar-refractivity contribution >= 4 is 0 Å². The number of hydrogen-bond donors (Lipinski definition) is 2. The first-order valence-corrected chi connectivity index (χ1v) is 6.12. The zero-order valence-electron chi connectivity index (χ0n) is 10.4. The standard InChI is InChI=1S/C11H19N3O3/c1-8(2)14-10(11(15)17-13-14)7-12-6-9-4-3-5-16-9/h8-9,12H,3-7H2,1-2H3/p+1. The number of H-pyrrole nitrogens is 1. The second kappa shape index (κ2) is 5.46. The quantitative estimate of drug-likeness (QED) is 0.719. The van der Waals surface area contributed by atoms with Gasteiger partial charge in [-0.15, -0.1) is 0 Å². The summed E-state index contributed by atoms with van der Waals surface area (Å²) >= 11 is 0. The van der Waals surface area contributed by atoms with E-state index in [1.54, 1.807) is 4.68 Å². The predicted octanol–water partition coefficient (Wildman–Crippen LogP) is 0.105. The molecule has 1 unspecified atom stereocenters. The van der Waals surface area contributed by atoms with E-state index in [9.17, 15) is 4.79 Å². The van der Waals surface area contributed by atoms with Crippen LogP contribution in [0.2, 0.25) is 0 Å². The van der Waals surface area contributed by atoms with Crippen LogP contribution in [0.5, 0.6) is 0 Å². The Morgan fingerprint density at radius 1 is 1.59 bits per heavy atom. The zero-order valence-corrected chi connectivity index (χ0v) is 10.4. The smallest absolute Gasteiger partial charge is 0.377 e. The van der Waals surface area contributed by atoms with Gasteiger partial charge in [0.1, 0.15) is 0 Å². The van der Waals surface area contributed by atoms with Crippen molar-refractivity contribution < 1.29 is 13.9 Å². The second-order valence-corrected chi connectivity index (χ2v) is 4.66. The molecule has 96 valence electrons. The van der Waals surface area contributed by atoms with E-state index in [-0.39, 0.29) is 17.8 Å². The summed E-state index contributed by atoms with van der Waals surface area (Å²) in [5, 5.41) is 5.85. The molecule has 6 nitrogen and oxygen atoms in total. The van der Waals surface area contributed by atoms with Crippen molar-refractivity contribution in [1.82, 2.24) is 10.6 Å². The van der Waals surface area contributed by atoms with Gasteiger partial charge >= 0.3 is 11.3 Å². The van der Waals surface area contributed by atoms with Gasteiger partial charge in [-0.25, -0.2) is 4.79 Å². The van der Waals surface area contributed by atoms with Crippen LogP contribution in [0.1, 0.15) is 38.4 Å². The first-order chi connectivity index (χ1) is 8.18. The molecule has 17 heavy (non-hydrogen) atoms. The monoisotopic (exact) mass is 242 g/mol. The van der Waals surface area contributed by atoms with E-state index < -0.39 is 0 Å². The Bertz CT molecular complexity index is 404. The molecule has 0 bridgehead atoms. The minimum Gasteiger partial charge on any atom is -0.377 e. The molecule has 1 saturated heterocycles. The minimum absolute atomic E-state index is 0.181. The summed E-state index contributed by atoms with van der Waals surface area (Å²) in [4.78, 5) is 11.5. The highest BCUT2D eigenvalue weighted by molar-refractivity contribution is 4.83. The van der Waals surface area contributed by atoms with Crippen molar-refractivity contribution in [2.45, 2.75) is 45.4 Å². The van der Waals surface area contributed by atoms with Crippen molar-refractivity contribution in [3.8, 4) is 0 Å². The molecular formula is C11H20N3O3+. The lowest BCUT2D eigenvalue weighted by Crippen LogP contribution is -2.45. The molecule has 0 aliphatic carbocycles. The van der Waals surface area contributed by atoms with Crippen LogP contribution in [-0.4, -0.2) is 24.5 Å². The van der Waals surface area contributed by atoms with Gasteiger partial charge in [0.05, 0.1) is 12.6 Å². The molecule has 2 N–H and O–H groups in total. The molecule has 6 heteroatoms. The fourth-order valence-corrected chi connectivity index (χ4v) is 2.03. The highest BCUT2D eigenvalue weighted by atomic mass is 16.5. The Morgan fingerprint density at radius 3 is 3.06 bits per heavy atom. The first-order valence-electron chi connectivity index (χ1n) is 6.12. The number of aromatic nitrogens is 2. The van der Waals surface area contributed by atoms with E-state index in [1.807, 2.05) is 13.8 Å². The summed E-state index contributed by atoms with van der Waals surface area (Å²) in [6, 6.07) is 0.181. The molecule has 1 atom stereocenters. The molecule has 1 aromatic heterocycles. The van der Waals surface area contributed by atoms with Crippen molar-refractivity contribution in [3.05, 3.63) is 16.1 Å². The van der Waals surface area contributed by atoms with Gasteiger partial charge in [-0.05, 0) is 32.0 Å². The Kier molecular flexibility index (Phi) is 3.96. The van der Waals surface area contributed by atoms with Crippen LogP contribution in [-0.2, 0) is 11.3 Å². The SMILES string of the molecule is CC(C)[n+]1[nH]oc(=O)c1CNCC1CCCO1. The Morgan fingerprint density at radius 2 is 2.41 bits per heavy atom. The lowest BCUT2D eigenvalue weighted by molar-refractivity contribution is -0.785. The predicted molar refractivity (Wildman–Crippen MR) is 60.6 cm³/mol. The average molecular weight is 242 g/mol. The summed E-state index contributed by atoms with van der Waals surface area (Å²) in [6.07, 6.45) is 2.51. The molecule has 1 aliphatic rings. The van der Waals surface area contributed by atoms with Crippen LogP contribution in [0, 0.1) is 0 Å². The summed E-state index contributed by atoms with van der Waals surface area (Å²) in [7, 11) is 0. The minimum atomic E-state index is -0.307. The number of rotatable bonds is 5. The first kappa shape index (κ1) is 12.3. The molecule has 1 aliphatic heterocycles. The summed E-state index contributed by atoms with van der Waals surface area (Å²) < 4.78 is 12.0. The topological polar surface area (TPSA) is 71.1 Å². The maximum atomic E-state index is 11.5. The van der Waals surface area contributed by atoms with Crippen LogP contribution in [0.15, 0.2) is 9.32 Å². The molecule has 0 saturated carbocycles. The highest BCUT2D eigenvalue weighted by Gasteiger charge is 2.23. The number of aromatic amines is 1. The van der Waals surface area contributed by atoms with Gasteiger partial charge in [0.2, 0.25) is 0 Å². The molecule has 0 spiro atoms. The van der Waals surface area contributed by atoms with Crippen LogP contribution in [0.4, 0.5) is 0 Å². The molecule has 1 fully saturated rings. The maximum absolute atomic E-state index is 11.5. The van der Waals surface area contributed by atoms with Crippen molar-refractivity contribution in [2.24, 2.45) is 0 Å². The zero-order chi connectivity index (χ0) is 12.3. The fraction of sp³-hybridized carbons (Fsp3) is 0.818. The summed E-state index contributed by atoms with van der Waals surface area (Å²) in [5.41, 5.74) is 0.316. The Balaban J connectivity index is 1.89. The van der Waals surface area contributed by atoms with Crippen molar-refractivity contribution in [2.75, 3.05) is 13.2 Å². The lowest BCUT2D eigenvalue weighted by Gasteiger charge is -2.08. The maximum Gasteiger partial charge on any atom is 0.431 e. The normalized spacial score (nSPS) is 20.3. The van der Waals surface area contributed by atoms with Gasteiger partial charge in [-0.1, -0.05) is 4.68 Å². The number of hydrogen-bond acceptors (Lipinski definition) is 4. The molecule has 2 rings (SSSR count). The van der Waals surface area contributed by atoms with E-state index in [4.69, 9.17) is 9.26 Å². The van der Waals surface area contributed by atoms with E-state index >= 15 is 0 Å². The number of nitrogens with zero attached hydrogens (tertiary/aromatic N) is 1. The van der Waals surface area contributed by atoms with Gasteiger partial charge in [0, 0.05) is 13.2 Å². The fourth-order valence-electron chi connectivity index (χ4n) is 2.03. The third-order valence-corrected chi connectivity index (χ3v) is 2.97. The van der Waals surface area contributed by atoms with E-state index in [2.05, 4.69) is 10.6 Å². The van der Waals surface area contributed by atoms with Crippen molar-refractivity contribution in [1.29, 1.82) is 0 Å². The summed E-state index contributed by atoms with van der Waals surface area (Å²) in [6.45, 7) is 6.13. The third-order valence-electron chi connectivity index (χ3n) is 2.97. The molecule has 0 radical (unpaired) electrons. The molecule has 1 aromatic rings. The van der Waals surface area contributed by atoms with Crippen LogP contribution in [0.3, 0.4) is 0 Å². The van der Waals surface area contributed by atoms with Gasteiger partial charge in [-0.2, -0.15) is 0 Å². The van der Waals surface area contributed by atoms with E-state index in [0.29, 0.717) is 12.2 Å². The lowest BCUT2D eigenvalue weighted by atomic mass is 10.2. The van der Waals surface area contributed by atoms with Gasteiger partial charge < -0.3 is 10.1 Å². The second-order valence-electron chi connectivity index (χ2n) is 4.66. The number of ether oxygens (including phenoxy) is 1. The highest BCUT2D eigenvalue weighted by Crippen LogP contribution is 2.10. The van der Waals surface area contributed by atoms with Crippen LogP contribution in [0.25, 0.3) is 0 Å². The molecule has 2 heterocycles. The van der Waals surface area contributed by atoms with Crippen LogP contribution < -0.4 is 15.6 Å². The number of nitrogens with one attached hydrogen (secondary N) is 2. The summed E-state index contributed by atoms with van der Waals surface area (Å²) in [5.74, 6) is 0. The van der Waals surface area contributed by atoms with Gasteiger partial charge in [0.25, 0.3) is 0 Å². The van der Waals surface area contributed by atoms with Crippen LogP contribution >= 0.6 is 0 Å². The molecular weight excluding hydrogens is 222 g/mol. The Hall–Kier alpha value is -1.14. The van der Waals surface area contributed by atoms with E-state index in [0.717, 1.165) is 26.0 Å². The van der Waals surface area contributed by atoms with Gasteiger partial charge in [0.15, 0.2) is 6.04 Å². The van der Waals surface area contributed by atoms with Crippen molar-refractivity contribution in [3.63, 3.8) is 0 Å². The van der Waals surface area contributed by atoms with Gasteiger partial charge in [-0.3, -0.25) is 4.52 Å². The average Bonchev–Trinajstić information content (AvgIpc) is 2.89. The Labute approximate surface area is 99.9 Å². The largest absolute Gasteiger partial charge is 0.431 e. The molecule has 0 aromatic carbocycles. The van der Waals surface area contributed by atoms with E-state index in [1.165, 1.54) is 0 Å². The third kappa shape index (κ3) is 2.95. The molecule has 0 amide bonds.